The quantitative estimate of drug-likeness (QED) is 0.347. The number of carbonyl (C=O) groups is 1. The highest BCUT2D eigenvalue weighted by atomic mass is 32.1. The summed E-state index contributed by atoms with van der Waals surface area (Å²) in [5, 5.41) is 30.5. The number of fused-ring (bicyclic) bond motifs is 1. The van der Waals surface area contributed by atoms with Crippen LogP contribution in [-0.4, -0.2) is 48.8 Å². The number of para-hydroxylation sites is 1. The van der Waals surface area contributed by atoms with Crippen molar-refractivity contribution in [1.29, 1.82) is 5.26 Å². The van der Waals surface area contributed by atoms with Gasteiger partial charge in [0.25, 0.3) is 5.56 Å². The number of ether oxygens (including phenoxy) is 1. The van der Waals surface area contributed by atoms with E-state index in [9.17, 15) is 19.5 Å². The Morgan fingerprint density at radius 3 is 2.50 bits per heavy atom. The molecule has 0 unspecified atom stereocenters. The van der Waals surface area contributed by atoms with Crippen molar-refractivity contribution >= 4 is 27.5 Å². The smallest absolute Gasteiger partial charge is 0.333 e. The molecule has 0 aliphatic rings. The van der Waals surface area contributed by atoms with E-state index in [0.717, 1.165) is 10.1 Å². The number of nitriles is 1. The molecule has 0 radical (unpaired) electrons. The number of carboxylic acid groups (broad SMARTS) is 1. The van der Waals surface area contributed by atoms with Gasteiger partial charge in [0.2, 0.25) is 0 Å². The molecule has 4 rings (SSSR count). The zero-order valence-electron chi connectivity index (χ0n) is 21.5. The molecule has 11 nitrogen and oxygen atoms in total. The molecule has 0 spiro atoms. The van der Waals surface area contributed by atoms with Gasteiger partial charge in [0, 0.05) is 24.5 Å². The summed E-state index contributed by atoms with van der Waals surface area (Å²) in [6.07, 6.45) is 4.10. The molecule has 0 bridgehead atoms. The van der Waals surface area contributed by atoms with E-state index in [-0.39, 0.29) is 19.6 Å². The Labute approximate surface area is 222 Å². The van der Waals surface area contributed by atoms with E-state index in [1.165, 1.54) is 29.8 Å². The molecule has 4 aromatic rings. The van der Waals surface area contributed by atoms with Crippen LogP contribution in [-0.2, 0) is 23.3 Å². The first-order chi connectivity index (χ1) is 18.1. The van der Waals surface area contributed by atoms with Crippen LogP contribution >= 0.6 is 11.3 Å². The van der Waals surface area contributed by atoms with Crippen molar-refractivity contribution in [3.05, 3.63) is 74.7 Å². The minimum atomic E-state index is -1.73. The Hall–Kier alpha value is -4.21. The molecule has 2 N–H and O–H groups in total. The lowest BCUT2D eigenvalue weighted by Gasteiger charge is -2.23. The Kier molecular flexibility index (Phi) is 8.88. The van der Waals surface area contributed by atoms with Crippen molar-refractivity contribution in [2.24, 2.45) is 0 Å². The van der Waals surface area contributed by atoms with Gasteiger partial charge in [-0.05, 0) is 44.9 Å². The highest BCUT2D eigenvalue weighted by Crippen LogP contribution is 2.31. The summed E-state index contributed by atoms with van der Waals surface area (Å²) >= 11 is 1.28. The van der Waals surface area contributed by atoms with Crippen LogP contribution in [0, 0.1) is 18.3 Å². The number of rotatable bonds is 8. The summed E-state index contributed by atoms with van der Waals surface area (Å²) in [6.45, 7) is 4.71. The third kappa shape index (κ3) is 5.39. The molecule has 0 atom stereocenters. The Bertz CT molecular complexity index is 1590. The monoisotopic (exact) mass is 539 g/mol. The molecule has 0 saturated heterocycles. The maximum Gasteiger partial charge on any atom is 0.333 e. The van der Waals surface area contributed by atoms with Crippen molar-refractivity contribution in [2.45, 2.75) is 45.7 Å². The zero-order chi connectivity index (χ0) is 28.0. The van der Waals surface area contributed by atoms with E-state index in [1.807, 2.05) is 24.3 Å². The van der Waals surface area contributed by atoms with Gasteiger partial charge in [-0.3, -0.25) is 9.36 Å². The number of aliphatic hydroxyl groups is 1. The molecule has 12 heteroatoms. The largest absolute Gasteiger partial charge is 0.496 e. The van der Waals surface area contributed by atoms with Crippen LogP contribution in [0.1, 0.15) is 31.4 Å². The zero-order valence-corrected chi connectivity index (χ0v) is 22.4. The van der Waals surface area contributed by atoms with E-state index < -0.39 is 22.8 Å². The second-order valence-corrected chi connectivity index (χ2v) is 9.77. The number of thiophene rings is 1. The SMILES string of the molecule is COc1ccccc1CCn1c(=O)n(C(C)(C)C(=O)O)c(=O)c2c(C)c(-n3cccn3)sc21.N#CCCO. The van der Waals surface area contributed by atoms with Gasteiger partial charge in [-0.15, -0.1) is 0 Å². The molecule has 3 heterocycles. The Morgan fingerprint density at radius 1 is 1.24 bits per heavy atom. The van der Waals surface area contributed by atoms with E-state index >= 15 is 0 Å². The fourth-order valence-corrected chi connectivity index (χ4v) is 5.18. The van der Waals surface area contributed by atoms with Gasteiger partial charge < -0.3 is 14.9 Å². The summed E-state index contributed by atoms with van der Waals surface area (Å²) in [5.41, 5.74) is -1.47. The minimum Gasteiger partial charge on any atom is -0.496 e. The number of benzene rings is 1. The number of hydrogen-bond donors (Lipinski definition) is 2. The highest BCUT2D eigenvalue weighted by Gasteiger charge is 2.35. The first kappa shape index (κ1) is 28.4. The van der Waals surface area contributed by atoms with E-state index in [1.54, 1.807) is 43.2 Å². The van der Waals surface area contributed by atoms with E-state index in [2.05, 4.69) is 5.10 Å². The number of aromatic nitrogens is 4. The number of carboxylic acids is 1. The highest BCUT2D eigenvalue weighted by molar-refractivity contribution is 7.21. The van der Waals surface area contributed by atoms with Crippen molar-refractivity contribution in [2.75, 3.05) is 13.7 Å². The number of aliphatic carboxylic acids is 1. The number of nitrogens with zero attached hydrogens (tertiary/aromatic N) is 5. The Balaban J connectivity index is 0.000000732. The molecular formula is C26H29N5O6S. The van der Waals surface area contributed by atoms with Crippen molar-refractivity contribution in [1.82, 2.24) is 18.9 Å². The van der Waals surface area contributed by atoms with Crippen LogP contribution in [0.25, 0.3) is 15.2 Å². The molecule has 38 heavy (non-hydrogen) atoms. The van der Waals surface area contributed by atoms with Crippen LogP contribution in [0.4, 0.5) is 0 Å². The van der Waals surface area contributed by atoms with Gasteiger partial charge >= 0.3 is 11.7 Å². The number of methoxy groups -OCH3 is 1. The first-order valence-electron chi connectivity index (χ1n) is 11.7. The second-order valence-electron chi connectivity index (χ2n) is 8.80. The molecule has 0 saturated carbocycles. The van der Waals surface area contributed by atoms with Crippen molar-refractivity contribution in [3.63, 3.8) is 0 Å². The van der Waals surface area contributed by atoms with Gasteiger partial charge in [0.1, 0.15) is 21.1 Å². The number of hydrogen-bond acceptors (Lipinski definition) is 8. The van der Waals surface area contributed by atoms with Crippen LogP contribution in [0.3, 0.4) is 0 Å². The maximum atomic E-state index is 13.6. The van der Waals surface area contributed by atoms with Crippen molar-refractivity contribution in [3.8, 4) is 16.8 Å². The van der Waals surface area contributed by atoms with E-state index in [4.69, 9.17) is 15.1 Å². The summed E-state index contributed by atoms with van der Waals surface area (Å²) in [7, 11) is 1.58. The third-order valence-corrected chi connectivity index (χ3v) is 7.31. The van der Waals surface area contributed by atoms with E-state index in [0.29, 0.717) is 33.0 Å². The predicted molar refractivity (Wildman–Crippen MR) is 143 cm³/mol. The lowest BCUT2D eigenvalue weighted by atomic mass is 10.1. The van der Waals surface area contributed by atoms with Gasteiger partial charge in [-0.25, -0.2) is 18.8 Å². The van der Waals surface area contributed by atoms with Crippen LogP contribution in [0.2, 0.25) is 0 Å². The summed E-state index contributed by atoms with van der Waals surface area (Å²) in [4.78, 5) is 39.5. The average molecular weight is 540 g/mol. The minimum absolute atomic E-state index is 0.0174. The van der Waals surface area contributed by atoms with Crippen LogP contribution in [0.15, 0.2) is 52.3 Å². The Morgan fingerprint density at radius 2 is 1.95 bits per heavy atom. The first-order valence-corrected chi connectivity index (χ1v) is 12.5. The standard InChI is InChI=1S/C23H24N4O5S.C3H5NO/c1-14-17-18(28)27(23(2,3)21(29)30)22(31)25(13-10-15-8-5-6-9-16(15)32-4)20(17)33-19(14)26-12-7-11-24-26;4-2-1-3-5/h5-9,11-12H,10,13H2,1-4H3,(H,29,30);5H,1,3H2. The fourth-order valence-electron chi connectivity index (χ4n) is 3.92. The fraction of sp³-hybridized carbons (Fsp3) is 0.346. The normalized spacial score (nSPS) is 11.1. The lowest BCUT2D eigenvalue weighted by molar-refractivity contribution is -0.146. The van der Waals surface area contributed by atoms with Gasteiger partial charge in [0.15, 0.2) is 0 Å². The summed E-state index contributed by atoms with van der Waals surface area (Å²) in [5.74, 6) is -0.571. The predicted octanol–water partition coefficient (Wildman–Crippen LogP) is 2.68. The molecule has 0 aliphatic carbocycles. The lowest BCUT2D eigenvalue weighted by Crippen LogP contribution is -2.52. The van der Waals surface area contributed by atoms with Crippen molar-refractivity contribution < 1.29 is 19.7 Å². The van der Waals surface area contributed by atoms with Gasteiger partial charge in [-0.1, -0.05) is 29.5 Å². The maximum absolute atomic E-state index is 13.6. The summed E-state index contributed by atoms with van der Waals surface area (Å²) < 4.78 is 9.39. The number of aryl methyl sites for hydroxylation is 3. The molecule has 1 aromatic carbocycles. The molecule has 3 aromatic heterocycles. The summed E-state index contributed by atoms with van der Waals surface area (Å²) in [6, 6.07) is 11.0. The molecule has 0 amide bonds. The molecule has 0 aliphatic heterocycles. The third-order valence-electron chi connectivity index (χ3n) is 6.00. The van der Waals surface area contributed by atoms with Gasteiger partial charge in [0.05, 0.1) is 31.6 Å². The molecule has 0 fully saturated rings. The molecular weight excluding hydrogens is 510 g/mol. The average Bonchev–Trinajstić information content (AvgIpc) is 3.53. The number of aliphatic hydroxyl groups excluding tert-OH is 1. The topological polar surface area (TPSA) is 152 Å². The van der Waals surface area contributed by atoms with Crippen LogP contribution < -0.4 is 16.0 Å². The second kappa shape index (κ2) is 11.9. The molecule has 200 valence electrons. The van der Waals surface area contributed by atoms with Gasteiger partial charge in [-0.2, -0.15) is 10.4 Å². The van der Waals surface area contributed by atoms with Crippen LogP contribution in [0.5, 0.6) is 5.75 Å².